The van der Waals surface area contributed by atoms with E-state index in [9.17, 15) is 4.79 Å². The summed E-state index contributed by atoms with van der Waals surface area (Å²) in [6.07, 6.45) is 3.27. The van der Waals surface area contributed by atoms with Crippen LogP contribution in [0.3, 0.4) is 0 Å². The second-order valence-corrected chi connectivity index (χ2v) is 8.72. The summed E-state index contributed by atoms with van der Waals surface area (Å²) in [6, 6.07) is 11.0. The minimum absolute atomic E-state index is 0. The molecule has 4 aromatic rings. The van der Waals surface area contributed by atoms with E-state index in [0.29, 0.717) is 27.8 Å². The van der Waals surface area contributed by atoms with Crippen LogP contribution in [0.1, 0.15) is 10.4 Å². The lowest BCUT2D eigenvalue weighted by molar-refractivity contribution is 0.0391. The Hall–Kier alpha value is -2.36. The summed E-state index contributed by atoms with van der Waals surface area (Å²) >= 11 is 7.62. The Bertz CT molecular complexity index is 1250. The van der Waals surface area contributed by atoms with E-state index in [1.807, 2.05) is 24.3 Å². The zero-order chi connectivity index (χ0) is 21.2. The van der Waals surface area contributed by atoms with E-state index in [1.54, 1.807) is 29.4 Å². The molecular formula is C22H21Cl2N5O2S. The van der Waals surface area contributed by atoms with Crippen LogP contribution in [-0.2, 0) is 4.74 Å². The van der Waals surface area contributed by atoms with Gasteiger partial charge in [-0.05, 0) is 36.4 Å². The number of aromatic nitrogens is 3. The third-order valence-corrected chi connectivity index (χ3v) is 6.55. The van der Waals surface area contributed by atoms with Gasteiger partial charge in [0.2, 0.25) is 0 Å². The first-order valence-electron chi connectivity index (χ1n) is 10.1. The summed E-state index contributed by atoms with van der Waals surface area (Å²) in [4.78, 5) is 31.0. The summed E-state index contributed by atoms with van der Waals surface area (Å²) in [6.45, 7) is 4.45. The number of rotatable bonds is 5. The quantitative estimate of drug-likeness (QED) is 0.416. The molecule has 0 N–H and O–H groups in total. The summed E-state index contributed by atoms with van der Waals surface area (Å²) in [7, 11) is 0. The van der Waals surface area contributed by atoms with Gasteiger partial charge in [-0.25, -0.2) is 4.98 Å². The summed E-state index contributed by atoms with van der Waals surface area (Å²) < 4.78 is 6.40. The van der Waals surface area contributed by atoms with Gasteiger partial charge in [-0.2, -0.15) is 0 Å². The van der Waals surface area contributed by atoms with Gasteiger partial charge in [0.05, 0.1) is 34.5 Å². The van der Waals surface area contributed by atoms with Gasteiger partial charge < -0.3 is 4.74 Å². The summed E-state index contributed by atoms with van der Waals surface area (Å²) in [5.74, 6) is -0.106. The van der Waals surface area contributed by atoms with Crippen molar-refractivity contribution in [2.75, 3.05) is 44.3 Å². The maximum absolute atomic E-state index is 13.6. The van der Waals surface area contributed by atoms with Crippen LogP contribution in [0.15, 0.2) is 48.8 Å². The van der Waals surface area contributed by atoms with Crippen LogP contribution < -0.4 is 4.90 Å². The zero-order valence-electron chi connectivity index (χ0n) is 17.1. The molecule has 0 bridgehead atoms. The number of hydrogen-bond donors (Lipinski definition) is 0. The Morgan fingerprint density at radius 3 is 2.62 bits per heavy atom. The van der Waals surface area contributed by atoms with Gasteiger partial charge in [-0.1, -0.05) is 22.9 Å². The molecule has 0 aliphatic carbocycles. The van der Waals surface area contributed by atoms with Gasteiger partial charge in [0, 0.05) is 49.2 Å². The topological polar surface area (TPSA) is 71.5 Å². The van der Waals surface area contributed by atoms with Crippen molar-refractivity contribution in [3.8, 4) is 0 Å². The molecule has 1 saturated heterocycles. The highest BCUT2D eigenvalue weighted by atomic mass is 35.5. The highest BCUT2D eigenvalue weighted by Gasteiger charge is 2.23. The Labute approximate surface area is 200 Å². The van der Waals surface area contributed by atoms with Crippen LogP contribution in [0.4, 0.5) is 5.13 Å². The smallest absolute Gasteiger partial charge is 0.260 e. The van der Waals surface area contributed by atoms with E-state index in [4.69, 9.17) is 21.3 Å². The number of morpholine rings is 1. The summed E-state index contributed by atoms with van der Waals surface area (Å²) in [5.41, 5.74) is 2.84. The van der Waals surface area contributed by atoms with Crippen molar-refractivity contribution < 1.29 is 9.53 Å². The van der Waals surface area contributed by atoms with E-state index in [1.165, 1.54) is 11.3 Å². The molecule has 0 saturated carbocycles. The molecule has 1 fully saturated rings. The number of thiazole rings is 1. The van der Waals surface area contributed by atoms with Gasteiger partial charge in [0.15, 0.2) is 5.13 Å². The maximum Gasteiger partial charge on any atom is 0.260 e. The molecule has 2 aromatic carbocycles. The normalized spacial score (nSPS) is 14.4. The monoisotopic (exact) mass is 489 g/mol. The fourth-order valence-electron chi connectivity index (χ4n) is 3.60. The van der Waals surface area contributed by atoms with Crippen LogP contribution in [0.25, 0.3) is 21.3 Å². The van der Waals surface area contributed by atoms with Crippen molar-refractivity contribution >= 4 is 67.6 Å². The second-order valence-electron chi connectivity index (χ2n) is 7.28. The number of carbonyl (C=O) groups excluding carboxylic acids is 1. The molecule has 10 heteroatoms. The Kier molecular flexibility index (Phi) is 7.17. The van der Waals surface area contributed by atoms with Gasteiger partial charge >= 0.3 is 0 Å². The van der Waals surface area contributed by atoms with Crippen molar-refractivity contribution in [2.45, 2.75) is 0 Å². The standard InChI is InChI=1S/C22H20ClN5O2S.ClH/c23-16-2-4-18-20(14-16)31-22(26-18)28(8-7-27-9-11-30-12-10-27)21(29)15-1-3-17-19(13-15)25-6-5-24-17;/h1-6,13-14H,7-12H2;1H. The van der Waals surface area contributed by atoms with E-state index in [0.717, 1.165) is 48.6 Å². The third-order valence-electron chi connectivity index (χ3n) is 5.28. The van der Waals surface area contributed by atoms with Gasteiger partial charge in [0.1, 0.15) is 0 Å². The average molecular weight is 490 g/mol. The number of halogens is 2. The van der Waals surface area contributed by atoms with E-state index < -0.39 is 0 Å². The minimum Gasteiger partial charge on any atom is -0.379 e. The SMILES string of the molecule is Cl.O=C(c1ccc2nccnc2c1)N(CCN1CCOCC1)c1nc2ccc(Cl)cc2s1. The van der Waals surface area contributed by atoms with Gasteiger partial charge in [-0.3, -0.25) is 24.6 Å². The molecule has 0 unspecified atom stereocenters. The van der Waals surface area contributed by atoms with Crippen molar-refractivity contribution in [1.82, 2.24) is 19.9 Å². The first kappa shape index (κ1) is 22.8. The number of hydrogen-bond acceptors (Lipinski definition) is 7. The molecule has 3 heterocycles. The number of fused-ring (bicyclic) bond motifs is 2. The highest BCUT2D eigenvalue weighted by Crippen LogP contribution is 2.31. The Balaban J connectivity index is 0.00000245. The minimum atomic E-state index is -0.106. The van der Waals surface area contributed by atoms with Crippen molar-refractivity contribution in [3.63, 3.8) is 0 Å². The molecule has 1 aliphatic heterocycles. The van der Waals surface area contributed by atoms with E-state index in [-0.39, 0.29) is 18.3 Å². The fourth-order valence-corrected chi connectivity index (χ4v) is 4.87. The van der Waals surface area contributed by atoms with Crippen LogP contribution >= 0.6 is 35.3 Å². The molecule has 5 rings (SSSR count). The largest absolute Gasteiger partial charge is 0.379 e. The lowest BCUT2D eigenvalue weighted by Gasteiger charge is -2.29. The number of amides is 1. The Morgan fingerprint density at radius 1 is 1.06 bits per heavy atom. The first-order chi connectivity index (χ1) is 15.2. The van der Waals surface area contributed by atoms with Crippen LogP contribution in [0.5, 0.6) is 0 Å². The predicted octanol–water partition coefficient (Wildman–Crippen LogP) is 4.29. The molecule has 1 aliphatic rings. The molecule has 0 radical (unpaired) electrons. The lowest BCUT2D eigenvalue weighted by atomic mass is 10.1. The van der Waals surface area contributed by atoms with Gasteiger partial charge in [0.25, 0.3) is 5.91 Å². The first-order valence-corrected chi connectivity index (χ1v) is 11.3. The zero-order valence-corrected chi connectivity index (χ0v) is 19.5. The van der Waals surface area contributed by atoms with Crippen molar-refractivity contribution in [3.05, 3.63) is 59.4 Å². The molecule has 166 valence electrons. The number of nitrogens with zero attached hydrogens (tertiary/aromatic N) is 5. The fraction of sp³-hybridized carbons (Fsp3) is 0.273. The molecule has 7 nitrogen and oxygen atoms in total. The Morgan fingerprint density at radius 2 is 1.81 bits per heavy atom. The number of anilines is 1. The predicted molar refractivity (Wildman–Crippen MR) is 130 cm³/mol. The molecule has 32 heavy (non-hydrogen) atoms. The number of carbonyl (C=O) groups is 1. The molecule has 2 aromatic heterocycles. The van der Waals surface area contributed by atoms with Gasteiger partial charge in [-0.15, -0.1) is 12.4 Å². The number of ether oxygens (including phenoxy) is 1. The number of benzene rings is 2. The third kappa shape index (κ3) is 4.84. The van der Waals surface area contributed by atoms with E-state index in [2.05, 4.69) is 14.9 Å². The molecular weight excluding hydrogens is 469 g/mol. The van der Waals surface area contributed by atoms with Crippen molar-refractivity contribution in [2.24, 2.45) is 0 Å². The lowest BCUT2D eigenvalue weighted by Crippen LogP contribution is -2.43. The second kappa shape index (κ2) is 10.1. The van der Waals surface area contributed by atoms with Crippen LogP contribution in [0.2, 0.25) is 5.02 Å². The van der Waals surface area contributed by atoms with E-state index >= 15 is 0 Å². The molecule has 0 atom stereocenters. The molecule has 1 amide bonds. The average Bonchev–Trinajstić information content (AvgIpc) is 3.22. The summed E-state index contributed by atoms with van der Waals surface area (Å²) in [5, 5.41) is 1.32. The maximum atomic E-state index is 13.6. The highest BCUT2D eigenvalue weighted by molar-refractivity contribution is 7.22. The van der Waals surface area contributed by atoms with Crippen molar-refractivity contribution in [1.29, 1.82) is 0 Å². The molecule has 0 spiro atoms. The van der Waals surface area contributed by atoms with Crippen LogP contribution in [-0.4, -0.2) is 65.2 Å². The van der Waals surface area contributed by atoms with Crippen LogP contribution in [0, 0.1) is 0 Å².